The van der Waals surface area contributed by atoms with Crippen LogP contribution in [0.4, 0.5) is 0 Å². The third kappa shape index (κ3) is 2.29. The fourth-order valence-electron chi connectivity index (χ4n) is 1.17. The first-order valence-electron chi connectivity index (χ1n) is 4.43. The fourth-order valence-corrected chi connectivity index (χ4v) is 2.16. The molecule has 2 nitrogen and oxygen atoms in total. The van der Waals surface area contributed by atoms with Gasteiger partial charge in [0.25, 0.3) is 0 Å². The molecule has 1 rings (SSSR count). The number of thiazole rings is 1. The zero-order chi connectivity index (χ0) is 8.97. The van der Waals surface area contributed by atoms with Gasteiger partial charge < -0.3 is 5.32 Å². The number of aryl methyl sites for hydroxylation is 2. The van der Waals surface area contributed by atoms with Gasteiger partial charge in [-0.15, -0.1) is 11.3 Å². The van der Waals surface area contributed by atoms with Gasteiger partial charge >= 0.3 is 0 Å². The lowest BCUT2D eigenvalue weighted by Crippen LogP contribution is -2.11. The number of nitrogens with zero attached hydrogens (tertiary/aromatic N) is 1. The molecule has 0 spiro atoms. The highest BCUT2D eigenvalue weighted by molar-refractivity contribution is 7.11. The monoisotopic (exact) mass is 184 g/mol. The van der Waals surface area contributed by atoms with Crippen LogP contribution in [-0.2, 0) is 13.0 Å². The molecule has 0 unspecified atom stereocenters. The van der Waals surface area contributed by atoms with Gasteiger partial charge in [0.1, 0.15) is 0 Å². The Labute approximate surface area is 78.0 Å². The topological polar surface area (TPSA) is 24.9 Å². The molecule has 0 atom stereocenters. The van der Waals surface area contributed by atoms with Gasteiger partial charge in [-0.2, -0.15) is 0 Å². The molecule has 0 saturated carbocycles. The molecule has 3 heteroatoms. The van der Waals surface area contributed by atoms with E-state index in [-0.39, 0.29) is 0 Å². The number of hydrogen-bond donors (Lipinski definition) is 1. The summed E-state index contributed by atoms with van der Waals surface area (Å²) in [6, 6.07) is 0. The lowest BCUT2D eigenvalue weighted by molar-refractivity contribution is 0.727. The van der Waals surface area contributed by atoms with Gasteiger partial charge in [0, 0.05) is 11.4 Å². The van der Waals surface area contributed by atoms with Crippen LogP contribution in [0.25, 0.3) is 0 Å². The molecule has 1 aromatic heterocycles. The Kier molecular flexibility index (Phi) is 3.69. The maximum atomic E-state index is 4.46. The molecule has 0 aliphatic carbocycles. The highest BCUT2D eigenvalue weighted by Crippen LogP contribution is 2.17. The quantitative estimate of drug-likeness (QED) is 0.775. The summed E-state index contributed by atoms with van der Waals surface area (Å²) in [6.07, 6.45) is 1.05. The van der Waals surface area contributed by atoms with Gasteiger partial charge in [-0.05, 0) is 19.9 Å². The van der Waals surface area contributed by atoms with Crippen LogP contribution in [0.2, 0.25) is 0 Å². The van der Waals surface area contributed by atoms with Crippen molar-refractivity contribution in [1.82, 2.24) is 10.3 Å². The molecule has 1 aromatic rings. The Hall–Kier alpha value is -0.410. The molecule has 68 valence electrons. The third-order valence-corrected chi connectivity index (χ3v) is 2.77. The molecule has 0 aliphatic heterocycles. The summed E-state index contributed by atoms with van der Waals surface area (Å²) >= 11 is 1.81. The average Bonchev–Trinajstić information content (AvgIpc) is 2.42. The summed E-state index contributed by atoms with van der Waals surface area (Å²) in [4.78, 5) is 5.86. The summed E-state index contributed by atoms with van der Waals surface area (Å²) in [5.74, 6) is 0. The van der Waals surface area contributed by atoms with Gasteiger partial charge in [0.2, 0.25) is 0 Å². The van der Waals surface area contributed by atoms with Gasteiger partial charge in [0.05, 0.1) is 10.7 Å². The van der Waals surface area contributed by atoms with E-state index in [2.05, 4.69) is 31.1 Å². The summed E-state index contributed by atoms with van der Waals surface area (Å²) < 4.78 is 0. The molecular weight excluding hydrogens is 168 g/mol. The summed E-state index contributed by atoms with van der Waals surface area (Å²) in [5.41, 5.74) is 1.26. The number of hydrogen-bond acceptors (Lipinski definition) is 3. The molecule has 12 heavy (non-hydrogen) atoms. The van der Waals surface area contributed by atoms with Crippen molar-refractivity contribution in [1.29, 1.82) is 0 Å². The van der Waals surface area contributed by atoms with E-state index in [1.165, 1.54) is 15.6 Å². The molecule has 0 bridgehead atoms. The highest BCUT2D eigenvalue weighted by atomic mass is 32.1. The van der Waals surface area contributed by atoms with Gasteiger partial charge in [-0.1, -0.05) is 13.8 Å². The molecule has 1 heterocycles. The Morgan fingerprint density at radius 3 is 2.75 bits per heavy atom. The molecule has 0 radical (unpaired) electrons. The molecule has 0 aliphatic rings. The lowest BCUT2D eigenvalue weighted by Gasteiger charge is -1.99. The lowest BCUT2D eigenvalue weighted by atomic mass is 10.3. The minimum Gasteiger partial charge on any atom is -0.312 e. The molecular formula is C9H16N2S. The van der Waals surface area contributed by atoms with Crippen molar-refractivity contribution < 1.29 is 0 Å². The Bertz CT molecular complexity index is 243. The molecule has 0 amide bonds. The SMILES string of the molecule is CCNCc1sc(C)nc1CC. The van der Waals surface area contributed by atoms with Crippen molar-refractivity contribution in [2.45, 2.75) is 33.7 Å². The smallest absolute Gasteiger partial charge is 0.0900 e. The van der Waals surface area contributed by atoms with Crippen LogP contribution in [0.5, 0.6) is 0 Å². The van der Waals surface area contributed by atoms with E-state index < -0.39 is 0 Å². The Morgan fingerprint density at radius 2 is 2.17 bits per heavy atom. The zero-order valence-corrected chi connectivity index (χ0v) is 8.79. The predicted molar refractivity (Wildman–Crippen MR) is 53.6 cm³/mol. The average molecular weight is 184 g/mol. The second kappa shape index (κ2) is 4.58. The maximum absolute atomic E-state index is 4.46. The minimum atomic E-state index is 0.977. The van der Waals surface area contributed by atoms with E-state index in [1.807, 2.05) is 0 Å². The van der Waals surface area contributed by atoms with Crippen molar-refractivity contribution in [3.63, 3.8) is 0 Å². The highest BCUT2D eigenvalue weighted by Gasteiger charge is 2.05. The standard InChI is InChI=1S/C9H16N2S/c1-4-8-9(6-10-5-2)12-7(3)11-8/h10H,4-6H2,1-3H3. The minimum absolute atomic E-state index is 0.977. The van der Waals surface area contributed by atoms with Gasteiger partial charge in [0.15, 0.2) is 0 Å². The van der Waals surface area contributed by atoms with Crippen LogP contribution in [0.3, 0.4) is 0 Å². The van der Waals surface area contributed by atoms with E-state index >= 15 is 0 Å². The van der Waals surface area contributed by atoms with Crippen LogP contribution < -0.4 is 5.32 Å². The van der Waals surface area contributed by atoms with Crippen LogP contribution in [0.15, 0.2) is 0 Å². The molecule has 0 fully saturated rings. The number of rotatable bonds is 4. The summed E-state index contributed by atoms with van der Waals surface area (Å²) in [6.45, 7) is 8.36. The van der Waals surface area contributed by atoms with Crippen LogP contribution in [0, 0.1) is 6.92 Å². The van der Waals surface area contributed by atoms with Gasteiger partial charge in [-0.25, -0.2) is 4.98 Å². The van der Waals surface area contributed by atoms with E-state index in [9.17, 15) is 0 Å². The summed E-state index contributed by atoms with van der Waals surface area (Å²) in [5, 5.41) is 4.50. The first-order valence-corrected chi connectivity index (χ1v) is 5.25. The van der Waals surface area contributed by atoms with Crippen molar-refractivity contribution in [2.24, 2.45) is 0 Å². The predicted octanol–water partition coefficient (Wildman–Crippen LogP) is 2.12. The van der Waals surface area contributed by atoms with Crippen molar-refractivity contribution in [2.75, 3.05) is 6.54 Å². The summed E-state index contributed by atoms with van der Waals surface area (Å²) in [7, 11) is 0. The molecule has 1 N–H and O–H groups in total. The number of nitrogens with one attached hydrogen (secondary N) is 1. The maximum Gasteiger partial charge on any atom is 0.0900 e. The van der Waals surface area contributed by atoms with Crippen molar-refractivity contribution >= 4 is 11.3 Å². The first-order chi connectivity index (χ1) is 5.77. The van der Waals surface area contributed by atoms with Crippen LogP contribution in [0.1, 0.15) is 29.4 Å². The zero-order valence-electron chi connectivity index (χ0n) is 7.98. The molecule has 0 aromatic carbocycles. The molecule has 0 saturated heterocycles. The van der Waals surface area contributed by atoms with E-state index in [0.717, 1.165) is 19.5 Å². The third-order valence-electron chi connectivity index (χ3n) is 1.76. The fraction of sp³-hybridized carbons (Fsp3) is 0.667. The van der Waals surface area contributed by atoms with Crippen molar-refractivity contribution in [3.8, 4) is 0 Å². The van der Waals surface area contributed by atoms with Crippen LogP contribution in [-0.4, -0.2) is 11.5 Å². The van der Waals surface area contributed by atoms with E-state index in [0.29, 0.717) is 0 Å². The second-order valence-electron chi connectivity index (χ2n) is 2.74. The Balaban J connectivity index is 2.68. The first kappa shape index (κ1) is 9.68. The van der Waals surface area contributed by atoms with Crippen LogP contribution >= 0.6 is 11.3 Å². The van der Waals surface area contributed by atoms with Gasteiger partial charge in [-0.3, -0.25) is 0 Å². The van der Waals surface area contributed by atoms with E-state index in [1.54, 1.807) is 11.3 Å². The van der Waals surface area contributed by atoms with Crippen molar-refractivity contribution in [3.05, 3.63) is 15.6 Å². The van der Waals surface area contributed by atoms with E-state index in [4.69, 9.17) is 0 Å². The Morgan fingerprint density at radius 1 is 1.42 bits per heavy atom. The largest absolute Gasteiger partial charge is 0.312 e. The second-order valence-corrected chi connectivity index (χ2v) is 4.02. The normalized spacial score (nSPS) is 10.6. The number of aromatic nitrogens is 1.